The van der Waals surface area contributed by atoms with Gasteiger partial charge in [-0.2, -0.15) is 0 Å². The molecule has 1 saturated carbocycles. The number of rotatable bonds is 16. The Hall–Kier alpha value is -1.22. The van der Waals surface area contributed by atoms with Crippen LogP contribution in [-0.4, -0.2) is 74.0 Å². The SMILES string of the molecule is CC(C)OC(C)COC(=O)C(C)(C)OCC1CCC(COC(C)(C)C(=O)OCC(C)OC(C)C)CC1. The molecule has 2 unspecified atom stereocenters. The van der Waals surface area contributed by atoms with E-state index in [0.29, 0.717) is 25.0 Å². The molecule has 8 nitrogen and oxygen atoms in total. The van der Waals surface area contributed by atoms with Crippen molar-refractivity contribution in [3.8, 4) is 0 Å². The van der Waals surface area contributed by atoms with Gasteiger partial charge >= 0.3 is 11.9 Å². The van der Waals surface area contributed by atoms with Crippen molar-refractivity contribution in [2.75, 3.05) is 26.4 Å². The van der Waals surface area contributed by atoms with Crippen LogP contribution in [0, 0.1) is 11.8 Å². The molecular weight excluding hydrogens is 464 g/mol. The Morgan fingerprint density at radius 1 is 0.639 bits per heavy atom. The zero-order valence-electron chi connectivity index (χ0n) is 24.4. The third-order valence-corrected chi connectivity index (χ3v) is 6.22. The van der Waals surface area contributed by atoms with Crippen molar-refractivity contribution < 1.29 is 38.0 Å². The molecule has 0 aromatic heterocycles. The van der Waals surface area contributed by atoms with E-state index in [4.69, 9.17) is 28.4 Å². The van der Waals surface area contributed by atoms with Gasteiger partial charge < -0.3 is 28.4 Å². The molecule has 0 N–H and O–H groups in total. The lowest BCUT2D eigenvalue weighted by molar-refractivity contribution is -0.176. The molecule has 0 saturated heterocycles. The van der Waals surface area contributed by atoms with Crippen LogP contribution >= 0.6 is 0 Å². The van der Waals surface area contributed by atoms with Crippen LogP contribution in [0.3, 0.4) is 0 Å². The number of esters is 2. The summed E-state index contributed by atoms with van der Waals surface area (Å²) in [7, 11) is 0. The molecule has 0 heterocycles. The highest BCUT2D eigenvalue weighted by atomic mass is 16.6. The van der Waals surface area contributed by atoms with E-state index in [1.54, 1.807) is 27.7 Å². The van der Waals surface area contributed by atoms with Gasteiger partial charge in [0.1, 0.15) is 13.2 Å². The van der Waals surface area contributed by atoms with Gasteiger partial charge in [0.15, 0.2) is 11.2 Å². The van der Waals surface area contributed by atoms with Gasteiger partial charge in [-0.05, 0) is 107 Å². The van der Waals surface area contributed by atoms with E-state index in [1.807, 2.05) is 41.5 Å². The highest BCUT2D eigenvalue weighted by Crippen LogP contribution is 2.31. The molecule has 1 aliphatic rings. The third-order valence-electron chi connectivity index (χ3n) is 6.22. The molecule has 1 fully saturated rings. The quantitative estimate of drug-likeness (QED) is 0.262. The van der Waals surface area contributed by atoms with Crippen LogP contribution in [-0.2, 0) is 38.0 Å². The van der Waals surface area contributed by atoms with Crippen LogP contribution in [0.1, 0.15) is 94.9 Å². The van der Waals surface area contributed by atoms with Crippen molar-refractivity contribution in [3.63, 3.8) is 0 Å². The van der Waals surface area contributed by atoms with E-state index >= 15 is 0 Å². The van der Waals surface area contributed by atoms with Crippen LogP contribution in [0.4, 0.5) is 0 Å². The number of ether oxygens (including phenoxy) is 6. The fourth-order valence-corrected chi connectivity index (χ4v) is 4.08. The predicted octanol–water partition coefficient (Wildman–Crippen LogP) is 5.10. The van der Waals surface area contributed by atoms with Crippen LogP contribution in [0.15, 0.2) is 0 Å². The van der Waals surface area contributed by atoms with Gasteiger partial charge in [-0.15, -0.1) is 0 Å². The summed E-state index contributed by atoms with van der Waals surface area (Å²) < 4.78 is 34.0. The van der Waals surface area contributed by atoms with E-state index < -0.39 is 11.2 Å². The van der Waals surface area contributed by atoms with Crippen molar-refractivity contribution in [3.05, 3.63) is 0 Å². The van der Waals surface area contributed by atoms with Crippen molar-refractivity contribution >= 4 is 11.9 Å². The second kappa shape index (κ2) is 15.3. The average Bonchev–Trinajstić information content (AvgIpc) is 2.78. The highest BCUT2D eigenvalue weighted by Gasteiger charge is 2.34. The van der Waals surface area contributed by atoms with Crippen LogP contribution in [0.5, 0.6) is 0 Å². The van der Waals surface area contributed by atoms with E-state index in [9.17, 15) is 9.59 Å². The minimum atomic E-state index is -1.00. The number of carbonyl (C=O) groups excluding carboxylic acids is 2. The van der Waals surface area contributed by atoms with Crippen molar-refractivity contribution in [1.29, 1.82) is 0 Å². The van der Waals surface area contributed by atoms with Crippen LogP contribution in [0.2, 0.25) is 0 Å². The first kappa shape index (κ1) is 32.8. The predicted molar refractivity (Wildman–Crippen MR) is 139 cm³/mol. The van der Waals surface area contributed by atoms with Crippen LogP contribution in [0.25, 0.3) is 0 Å². The second-order valence-corrected chi connectivity index (χ2v) is 11.7. The largest absolute Gasteiger partial charge is 0.461 e. The molecule has 0 aromatic carbocycles. The Morgan fingerprint density at radius 2 is 0.944 bits per heavy atom. The standard InChI is InChI=1S/C28H52O8/c1-19(2)35-21(5)15-31-25(29)27(7,8)33-17-23-11-13-24(14-12-23)18-34-28(9,10)26(30)32-16-22(6)36-20(3)4/h19-24H,11-18H2,1-10H3. The van der Waals surface area contributed by atoms with E-state index in [2.05, 4.69) is 0 Å². The molecule has 1 rings (SSSR count). The molecule has 0 aromatic rings. The molecule has 0 bridgehead atoms. The van der Waals surface area contributed by atoms with Gasteiger partial charge in [0.05, 0.1) is 37.6 Å². The lowest BCUT2D eigenvalue weighted by Gasteiger charge is -2.33. The molecule has 2 atom stereocenters. The summed E-state index contributed by atoms with van der Waals surface area (Å²) in [5.74, 6) is 0.0278. The summed E-state index contributed by atoms with van der Waals surface area (Å²) in [5, 5.41) is 0. The van der Waals surface area contributed by atoms with Gasteiger partial charge in [0, 0.05) is 0 Å². The van der Waals surface area contributed by atoms with Crippen molar-refractivity contribution in [1.82, 2.24) is 0 Å². The van der Waals surface area contributed by atoms with Crippen LogP contribution < -0.4 is 0 Å². The Kier molecular flexibility index (Phi) is 13.9. The molecule has 212 valence electrons. The number of hydrogen-bond donors (Lipinski definition) is 0. The van der Waals surface area contributed by atoms with Gasteiger partial charge in [0.25, 0.3) is 0 Å². The zero-order chi connectivity index (χ0) is 27.5. The Bertz CT molecular complexity index is 594. The Labute approximate surface area is 219 Å². The Morgan fingerprint density at radius 3 is 1.22 bits per heavy atom. The van der Waals surface area contributed by atoms with E-state index in [-0.39, 0.29) is 49.6 Å². The summed E-state index contributed by atoms with van der Waals surface area (Å²) >= 11 is 0. The fraction of sp³-hybridized carbons (Fsp3) is 0.929. The molecular formula is C28H52O8. The monoisotopic (exact) mass is 516 g/mol. The van der Waals surface area contributed by atoms with E-state index in [0.717, 1.165) is 25.7 Å². The normalized spacial score (nSPS) is 20.9. The van der Waals surface area contributed by atoms with Crippen molar-refractivity contribution in [2.45, 2.75) is 131 Å². The lowest BCUT2D eigenvalue weighted by atomic mass is 9.82. The van der Waals surface area contributed by atoms with E-state index in [1.165, 1.54) is 0 Å². The first-order valence-electron chi connectivity index (χ1n) is 13.6. The molecule has 0 radical (unpaired) electrons. The molecule has 0 amide bonds. The first-order valence-corrected chi connectivity index (χ1v) is 13.6. The zero-order valence-corrected chi connectivity index (χ0v) is 24.4. The minimum Gasteiger partial charge on any atom is -0.461 e. The maximum Gasteiger partial charge on any atom is 0.337 e. The van der Waals surface area contributed by atoms with Crippen molar-refractivity contribution in [2.24, 2.45) is 11.8 Å². The third kappa shape index (κ3) is 12.8. The summed E-state index contributed by atoms with van der Waals surface area (Å²) in [5.41, 5.74) is -2.00. The second-order valence-electron chi connectivity index (χ2n) is 11.7. The maximum absolute atomic E-state index is 12.5. The summed E-state index contributed by atoms with van der Waals surface area (Å²) in [6.07, 6.45) is 3.83. The van der Waals surface area contributed by atoms with Gasteiger partial charge in [-0.3, -0.25) is 0 Å². The summed E-state index contributed by atoms with van der Waals surface area (Å²) in [6, 6.07) is 0. The number of carbonyl (C=O) groups is 2. The summed E-state index contributed by atoms with van der Waals surface area (Å²) in [4.78, 5) is 25.0. The number of hydrogen-bond acceptors (Lipinski definition) is 8. The maximum atomic E-state index is 12.5. The lowest BCUT2D eigenvalue weighted by Crippen LogP contribution is -2.40. The molecule has 1 aliphatic carbocycles. The fourth-order valence-electron chi connectivity index (χ4n) is 4.08. The molecule has 0 spiro atoms. The molecule has 36 heavy (non-hydrogen) atoms. The first-order chi connectivity index (χ1) is 16.6. The topological polar surface area (TPSA) is 89.5 Å². The molecule has 8 heteroatoms. The molecule has 0 aliphatic heterocycles. The van der Waals surface area contributed by atoms with Gasteiger partial charge in [0.2, 0.25) is 0 Å². The Balaban J connectivity index is 2.33. The smallest absolute Gasteiger partial charge is 0.337 e. The van der Waals surface area contributed by atoms with Gasteiger partial charge in [-0.25, -0.2) is 9.59 Å². The summed E-state index contributed by atoms with van der Waals surface area (Å²) in [6.45, 7) is 20.0. The highest BCUT2D eigenvalue weighted by molar-refractivity contribution is 5.79. The minimum absolute atomic E-state index is 0.0851. The average molecular weight is 517 g/mol. The van der Waals surface area contributed by atoms with Gasteiger partial charge in [-0.1, -0.05) is 0 Å².